The summed E-state index contributed by atoms with van der Waals surface area (Å²) >= 11 is 0. The fraction of sp³-hybridized carbons (Fsp3) is 0.857. The molecule has 64 valence electrons. The number of β-amino-alcohol motifs (C(OH)–C–C–N with tert-alkyl or cyclic N) is 1. The first-order valence-corrected chi connectivity index (χ1v) is 3.65. The molecule has 0 aliphatic carbocycles. The number of aliphatic hydroxyl groups is 1. The molecular formula is C7H13NO3. The molecule has 0 atom stereocenters. The summed E-state index contributed by atoms with van der Waals surface area (Å²) in [5, 5.41) is 10.8. The van der Waals surface area contributed by atoms with Gasteiger partial charge >= 0.3 is 5.97 Å². The van der Waals surface area contributed by atoms with Crippen LogP contribution in [0.25, 0.3) is 0 Å². The second-order valence-corrected chi connectivity index (χ2v) is 3.39. The molecule has 1 fully saturated rings. The van der Waals surface area contributed by atoms with E-state index >= 15 is 0 Å². The zero-order valence-corrected chi connectivity index (χ0v) is 6.83. The van der Waals surface area contributed by atoms with E-state index in [-0.39, 0.29) is 5.97 Å². The monoisotopic (exact) mass is 159 g/mol. The zero-order chi connectivity index (χ0) is 8.48. The minimum Gasteiger partial charge on any atom is -0.389 e. The molecule has 0 aromatic carbocycles. The molecule has 1 heterocycles. The van der Waals surface area contributed by atoms with Crippen molar-refractivity contribution in [1.82, 2.24) is 5.06 Å². The topological polar surface area (TPSA) is 49.8 Å². The van der Waals surface area contributed by atoms with Crippen molar-refractivity contribution in [1.29, 1.82) is 0 Å². The Kier molecular flexibility index (Phi) is 2.15. The van der Waals surface area contributed by atoms with E-state index in [1.165, 1.54) is 5.06 Å². The van der Waals surface area contributed by atoms with Crippen LogP contribution in [0.3, 0.4) is 0 Å². The van der Waals surface area contributed by atoms with Gasteiger partial charge in [-0.15, -0.1) is 5.06 Å². The molecule has 0 saturated carbocycles. The van der Waals surface area contributed by atoms with Crippen molar-refractivity contribution >= 4 is 5.97 Å². The van der Waals surface area contributed by atoms with Crippen LogP contribution in [0, 0.1) is 0 Å². The van der Waals surface area contributed by atoms with E-state index in [4.69, 9.17) is 4.84 Å². The van der Waals surface area contributed by atoms with Crippen molar-refractivity contribution in [2.75, 3.05) is 13.1 Å². The van der Waals surface area contributed by atoms with Gasteiger partial charge in [0.05, 0.1) is 18.6 Å². The number of carbonyl (C=O) groups is 1. The maximum Gasteiger partial charge on any atom is 0.326 e. The van der Waals surface area contributed by atoms with Gasteiger partial charge in [-0.25, -0.2) is 0 Å². The zero-order valence-electron chi connectivity index (χ0n) is 6.83. The molecule has 11 heavy (non-hydrogen) atoms. The third-order valence-electron chi connectivity index (χ3n) is 1.36. The molecule has 1 N–H and O–H groups in total. The molecule has 1 aliphatic heterocycles. The van der Waals surface area contributed by atoms with Crippen LogP contribution in [-0.2, 0) is 9.63 Å². The first kappa shape index (κ1) is 8.49. The standard InChI is InChI=1S/C7H13NO3/c1-7(2,10)5-8-4-3-6(9)11-8/h10H,3-5H2,1-2H3. The smallest absolute Gasteiger partial charge is 0.326 e. The van der Waals surface area contributed by atoms with Crippen molar-refractivity contribution in [3.05, 3.63) is 0 Å². The summed E-state index contributed by atoms with van der Waals surface area (Å²) < 4.78 is 0. The van der Waals surface area contributed by atoms with Crippen molar-refractivity contribution in [2.45, 2.75) is 25.9 Å². The van der Waals surface area contributed by atoms with Crippen LogP contribution < -0.4 is 0 Å². The van der Waals surface area contributed by atoms with Gasteiger partial charge < -0.3 is 9.94 Å². The summed E-state index contributed by atoms with van der Waals surface area (Å²) in [7, 11) is 0. The van der Waals surface area contributed by atoms with Crippen LogP contribution in [0.1, 0.15) is 20.3 Å². The maximum absolute atomic E-state index is 10.6. The summed E-state index contributed by atoms with van der Waals surface area (Å²) in [5.41, 5.74) is -0.801. The van der Waals surface area contributed by atoms with Crippen LogP contribution in [0.15, 0.2) is 0 Å². The molecule has 4 nitrogen and oxygen atoms in total. The molecule has 0 aromatic heterocycles. The quantitative estimate of drug-likeness (QED) is 0.612. The lowest BCUT2D eigenvalue weighted by molar-refractivity contribution is -0.178. The lowest BCUT2D eigenvalue weighted by Gasteiger charge is -2.22. The SMILES string of the molecule is CC(C)(O)CN1CCC(=O)O1. The van der Waals surface area contributed by atoms with E-state index in [2.05, 4.69) is 0 Å². The normalized spacial score (nSPS) is 20.5. The molecule has 0 bridgehead atoms. The van der Waals surface area contributed by atoms with E-state index in [9.17, 15) is 9.90 Å². The Morgan fingerprint density at radius 2 is 2.36 bits per heavy atom. The first-order chi connectivity index (χ1) is 4.97. The van der Waals surface area contributed by atoms with Crippen LogP contribution in [0.4, 0.5) is 0 Å². The molecule has 0 aromatic rings. The molecule has 0 unspecified atom stereocenters. The number of hydrogen-bond donors (Lipinski definition) is 1. The van der Waals surface area contributed by atoms with Gasteiger partial charge in [-0.05, 0) is 13.8 Å². The van der Waals surface area contributed by atoms with Gasteiger partial charge in [0.15, 0.2) is 0 Å². The minimum atomic E-state index is -0.801. The lowest BCUT2D eigenvalue weighted by Crippen LogP contribution is -2.36. The number of hydrogen-bond acceptors (Lipinski definition) is 4. The van der Waals surface area contributed by atoms with E-state index in [0.29, 0.717) is 19.5 Å². The average molecular weight is 159 g/mol. The number of rotatable bonds is 2. The third-order valence-corrected chi connectivity index (χ3v) is 1.36. The number of nitrogens with zero attached hydrogens (tertiary/aromatic N) is 1. The van der Waals surface area contributed by atoms with E-state index < -0.39 is 5.60 Å². The maximum atomic E-state index is 10.6. The van der Waals surface area contributed by atoms with Gasteiger partial charge in [0.2, 0.25) is 0 Å². The van der Waals surface area contributed by atoms with Crippen molar-refractivity contribution in [2.24, 2.45) is 0 Å². The highest BCUT2D eigenvalue weighted by Gasteiger charge is 2.26. The molecular weight excluding hydrogens is 146 g/mol. The fourth-order valence-electron chi connectivity index (χ4n) is 0.994. The molecule has 1 aliphatic rings. The summed E-state index contributed by atoms with van der Waals surface area (Å²) in [6.07, 6.45) is 0.427. The number of hydroxylamine groups is 2. The summed E-state index contributed by atoms with van der Waals surface area (Å²) in [4.78, 5) is 15.4. The Morgan fingerprint density at radius 3 is 2.73 bits per heavy atom. The fourth-order valence-corrected chi connectivity index (χ4v) is 0.994. The van der Waals surface area contributed by atoms with Gasteiger partial charge in [0.1, 0.15) is 0 Å². The van der Waals surface area contributed by atoms with Gasteiger partial charge in [0.25, 0.3) is 0 Å². The average Bonchev–Trinajstić information content (AvgIpc) is 2.10. The third kappa shape index (κ3) is 2.86. The molecule has 0 spiro atoms. The second kappa shape index (κ2) is 2.79. The van der Waals surface area contributed by atoms with Crippen LogP contribution >= 0.6 is 0 Å². The molecule has 0 radical (unpaired) electrons. The molecule has 1 rings (SSSR count). The van der Waals surface area contributed by atoms with Gasteiger partial charge in [-0.1, -0.05) is 0 Å². The Labute approximate surface area is 65.7 Å². The van der Waals surface area contributed by atoms with Gasteiger partial charge in [-0.2, -0.15) is 0 Å². The van der Waals surface area contributed by atoms with Crippen LogP contribution in [0.5, 0.6) is 0 Å². The van der Waals surface area contributed by atoms with E-state index in [1.54, 1.807) is 13.8 Å². The Morgan fingerprint density at radius 1 is 1.73 bits per heavy atom. The predicted octanol–water partition coefficient (Wildman–Crippen LogP) is -0.0788. The number of carbonyl (C=O) groups excluding carboxylic acids is 1. The lowest BCUT2D eigenvalue weighted by atomic mass is 10.1. The molecule has 0 amide bonds. The van der Waals surface area contributed by atoms with Gasteiger partial charge in [0, 0.05) is 6.54 Å². The summed E-state index contributed by atoms with van der Waals surface area (Å²) in [6, 6.07) is 0. The van der Waals surface area contributed by atoms with E-state index in [1.807, 2.05) is 0 Å². The van der Waals surface area contributed by atoms with Crippen LogP contribution in [0.2, 0.25) is 0 Å². The van der Waals surface area contributed by atoms with Crippen molar-refractivity contribution in [3.63, 3.8) is 0 Å². The highest BCUT2D eigenvalue weighted by atomic mass is 16.7. The Balaban J connectivity index is 2.34. The van der Waals surface area contributed by atoms with E-state index in [0.717, 1.165) is 0 Å². The molecule has 1 saturated heterocycles. The Hall–Kier alpha value is -0.610. The summed E-state index contributed by atoms with van der Waals surface area (Å²) in [5.74, 6) is -0.214. The Bertz CT molecular complexity index is 162. The van der Waals surface area contributed by atoms with Crippen molar-refractivity contribution < 1.29 is 14.7 Å². The predicted molar refractivity (Wildman–Crippen MR) is 38.6 cm³/mol. The van der Waals surface area contributed by atoms with Gasteiger partial charge in [-0.3, -0.25) is 4.79 Å². The summed E-state index contributed by atoms with van der Waals surface area (Å²) in [6.45, 7) is 4.32. The highest BCUT2D eigenvalue weighted by molar-refractivity contribution is 5.70. The largest absolute Gasteiger partial charge is 0.389 e. The van der Waals surface area contributed by atoms with Crippen LogP contribution in [-0.4, -0.2) is 34.8 Å². The first-order valence-electron chi connectivity index (χ1n) is 3.65. The van der Waals surface area contributed by atoms with Crippen molar-refractivity contribution in [3.8, 4) is 0 Å². The molecule has 4 heteroatoms. The second-order valence-electron chi connectivity index (χ2n) is 3.39. The minimum absolute atomic E-state index is 0.214. The highest BCUT2D eigenvalue weighted by Crippen LogP contribution is 2.11.